The van der Waals surface area contributed by atoms with E-state index in [1.54, 1.807) is 12.0 Å². The zero-order valence-corrected chi connectivity index (χ0v) is 16.8. The van der Waals surface area contributed by atoms with Crippen molar-refractivity contribution in [1.29, 1.82) is 0 Å². The summed E-state index contributed by atoms with van der Waals surface area (Å²) in [6, 6.07) is 15.1. The predicted molar refractivity (Wildman–Crippen MR) is 110 cm³/mol. The summed E-state index contributed by atoms with van der Waals surface area (Å²) in [5, 5.41) is 7.72. The number of amides is 2. The highest BCUT2D eigenvalue weighted by Gasteiger charge is 2.26. The number of carbonyl (C=O) groups excluding carboxylic acids is 1. The monoisotopic (exact) mass is 401 g/mol. The van der Waals surface area contributed by atoms with E-state index in [9.17, 15) is 4.79 Å². The van der Waals surface area contributed by atoms with Gasteiger partial charge in [0, 0.05) is 24.5 Å². The van der Waals surface area contributed by atoms with Crippen molar-refractivity contribution >= 4 is 23.3 Å². The maximum absolute atomic E-state index is 12.5. The van der Waals surface area contributed by atoms with E-state index >= 15 is 0 Å². The smallest absolute Gasteiger partial charge is 0.317 e. The third kappa shape index (κ3) is 5.16. The zero-order chi connectivity index (χ0) is 19.9. The van der Waals surface area contributed by atoms with Crippen LogP contribution in [0.5, 0.6) is 5.75 Å². The van der Waals surface area contributed by atoms with Crippen LogP contribution in [0, 0.1) is 0 Å². The molecule has 2 aromatic rings. The molecule has 1 heterocycles. The molecule has 28 heavy (non-hydrogen) atoms. The van der Waals surface area contributed by atoms with E-state index in [0.29, 0.717) is 31.1 Å². The first-order valence-electron chi connectivity index (χ1n) is 9.23. The van der Waals surface area contributed by atoms with Gasteiger partial charge in [0.2, 0.25) is 0 Å². The van der Waals surface area contributed by atoms with E-state index in [1.807, 2.05) is 55.5 Å². The first-order valence-corrected chi connectivity index (χ1v) is 9.61. The van der Waals surface area contributed by atoms with Crippen LogP contribution in [0.2, 0.25) is 5.02 Å². The lowest BCUT2D eigenvalue weighted by atomic mass is 10.0. The predicted octanol–water partition coefficient (Wildman–Crippen LogP) is 4.07. The van der Waals surface area contributed by atoms with Crippen molar-refractivity contribution in [3.63, 3.8) is 0 Å². The van der Waals surface area contributed by atoms with Gasteiger partial charge in [0.05, 0.1) is 19.4 Å². The second-order valence-electron chi connectivity index (χ2n) is 6.54. The molecule has 2 amide bonds. The van der Waals surface area contributed by atoms with Crippen LogP contribution in [0.3, 0.4) is 0 Å². The van der Waals surface area contributed by atoms with E-state index in [2.05, 4.69) is 10.5 Å². The van der Waals surface area contributed by atoms with Gasteiger partial charge >= 0.3 is 6.03 Å². The summed E-state index contributed by atoms with van der Waals surface area (Å²) < 4.78 is 5.19. The molecule has 0 spiro atoms. The van der Waals surface area contributed by atoms with Gasteiger partial charge < -0.3 is 19.8 Å². The van der Waals surface area contributed by atoms with E-state index in [4.69, 9.17) is 21.2 Å². The van der Waals surface area contributed by atoms with Crippen molar-refractivity contribution in [2.24, 2.45) is 5.16 Å². The number of rotatable bonds is 7. The van der Waals surface area contributed by atoms with Crippen LogP contribution in [-0.2, 0) is 11.4 Å². The number of methoxy groups -OCH3 is 1. The number of carbonyl (C=O) groups is 1. The van der Waals surface area contributed by atoms with Gasteiger partial charge in [-0.15, -0.1) is 0 Å². The number of oxime groups is 1. The Hall–Kier alpha value is -2.73. The molecule has 1 atom stereocenters. The number of urea groups is 1. The quantitative estimate of drug-likeness (QED) is 0.760. The maximum Gasteiger partial charge on any atom is 0.317 e. The minimum absolute atomic E-state index is 0.135. The molecule has 1 N–H and O–H groups in total. The fourth-order valence-corrected chi connectivity index (χ4v) is 3.28. The lowest BCUT2D eigenvalue weighted by Gasteiger charge is -2.25. The molecule has 6 nitrogen and oxygen atoms in total. The van der Waals surface area contributed by atoms with E-state index in [-0.39, 0.29) is 12.1 Å². The Balaban J connectivity index is 1.65. The van der Waals surface area contributed by atoms with E-state index in [1.165, 1.54) is 0 Å². The molecule has 0 fully saturated rings. The lowest BCUT2D eigenvalue weighted by molar-refractivity contribution is 0.0590. The topological polar surface area (TPSA) is 63.2 Å². The number of hydrogen-bond acceptors (Lipinski definition) is 4. The molecular weight excluding hydrogens is 378 g/mol. The Morgan fingerprint density at radius 2 is 2.11 bits per heavy atom. The fraction of sp³-hybridized carbons (Fsp3) is 0.333. The maximum atomic E-state index is 12.5. The Kier molecular flexibility index (Phi) is 6.76. The van der Waals surface area contributed by atoms with Crippen molar-refractivity contribution in [2.45, 2.75) is 26.0 Å². The van der Waals surface area contributed by atoms with Gasteiger partial charge in [0.1, 0.15) is 5.75 Å². The average Bonchev–Trinajstić information content (AvgIpc) is 3.16. The van der Waals surface area contributed by atoms with Crippen molar-refractivity contribution < 1.29 is 14.4 Å². The van der Waals surface area contributed by atoms with Crippen LogP contribution in [0.15, 0.2) is 53.7 Å². The molecule has 0 bridgehead atoms. The standard InChI is InChI=1S/C21H24ClN3O3/c1-3-23-21(26)25(13-15-5-4-6-17(22)11-15)14-19-12-20(24-28-19)16-7-9-18(27-2)10-8-16/h4-11,19H,3,12-14H2,1-2H3,(H,23,26). The van der Waals surface area contributed by atoms with E-state index < -0.39 is 0 Å². The number of hydrogen-bond donors (Lipinski definition) is 1. The molecule has 148 valence electrons. The van der Waals surface area contributed by atoms with Crippen LogP contribution in [0.1, 0.15) is 24.5 Å². The molecule has 3 rings (SSSR count). The highest BCUT2D eigenvalue weighted by atomic mass is 35.5. The van der Waals surface area contributed by atoms with Crippen molar-refractivity contribution in [1.82, 2.24) is 10.2 Å². The van der Waals surface area contributed by atoms with Crippen molar-refractivity contribution in [3.05, 3.63) is 64.7 Å². The molecule has 0 saturated carbocycles. The summed E-state index contributed by atoms with van der Waals surface area (Å²) in [7, 11) is 1.64. The van der Waals surface area contributed by atoms with Crippen LogP contribution in [0.25, 0.3) is 0 Å². The first-order chi connectivity index (χ1) is 13.6. The second-order valence-corrected chi connectivity index (χ2v) is 6.98. The third-order valence-corrected chi connectivity index (χ3v) is 4.69. The minimum atomic E-state index is -0.195. The summed E-state index contributed by atoms with van der Waals surface area (Å²) in [4.78, 5) is 19.9. The fourth-order valence-electron chi connectivity index (χ4n) is 3.06. The van der Waals surface area contributed by atoms with Gasteiger partial charge in [0.15, 0.2) is 6.10 Å². The Morgan fingerprint density at radius 1 is 1.32 bits per heavy atom. The SMILES string of the molecule is CCNC(=O)N(Cc1cccc(Cl)c1)CC1CC(c2ccc(OC)cc2)=NO1. The van der Waals surface area contributed by atoms with Crippen LogP contribution in [-0.4, -0.2) is 42.9 Å². The summed E-state index contributed by atoms with van der Waals surface area (Å²) in [5.74, 6) is 0.795. The molecule has 0 aromatic heterocycles. The summed E-state index contributed by atoms with van der Waals surface area (Å²) in [5.41, 5.74) is 2.82. The van der Waals surface area contributed by atoms with Crippen LogP contribution in [0.4, 0.5) is 4.79 Å². The van der Waals surface area contributed by atoms with Crippen LogP contribution >= 0.6 is 11.6 Å². The van der Waals surface area contributed by atoms with Crippen LogP contribution < -0.4 is 10.1 Å². The highest BCUT2D eigenvalue weighted by Crippen LogP contribution is 2.21. The third-order valence-electron chi connectivity index (χ3n) is 4.46. The molecule has 7 heteroatoms. The second kappa shape index (κ2) is 9.46. The van der Waals surface area contributed by atoms with Gasteiger partial charge in [-0.05, 0) is 54.4 Å². The van der Waals surface area contributed by atoms with Gasteiger partial charge in [-0.1, -0.05) is 28.9 Å². The lowest BCUT2D eigenvalue weighted by Crippen LogP contribution is -2.43. The number of halogens is 1. The first kappa shape index (κ1) is 20.0. The Bertz CT molecular complexity index is 839. The molecule has 2 aromatic carbocycles. The summed E-state index contributed by atoms with van der Waals surface area (Å²) >= 11 is 6.08. The molecule has 0 aliphatic carbocycles. The molecule has 1 aliphatic heterocycles. The molecule has 1 unspecified atom stereocenters. The summed E-state index contributed by atoms with van der Waals surface area (Å²) in [6.45, 7) is 3.34. The molecule has 0 radical (unpaired) electrons. The number of nitrogens with one attached hydrogen (secondary N) is 1. The number of nitrogens with zero attached hydrogens (tertiary/aromatic N) is 2. The Morgan fingerprint density at radius 3 is 2.79 bits per heavy atom. The van der Waals surface area contributed by atoms with Gasteiger partial charge in [-0.2, -0.15) is 0 Å². The van der Waals surface area contributed by atoms with Crippen molar-refractivity contribution in [2.75, 3.05) is 20.2 Å². The normalized spacial score (nSPS) is 15.5. The minimum Gasteiger partial charge on any atom is -0.497 e. The zero-order valence-electron chi connectivity index (χ0n) is 16.0. The Labute approximate surface area is 170 Å². The molecule has 0 saturated heterocycles. The molecular formula is C21H24ClN3O3. The largest absolute Gasteiger partial charge is 0.497 e. The number of ether oxygens (including phenoxy) is 1. The average molecular weight is 402 g/mol. The van der Waals surface area contributed by atoms with Crippen molar-refractivity contribution in [3.8, 4) is 5.75 Å². The van der Waals surface area contributed by atoms with Gasteiger partial charge in [-0.25, -0.2) is 4.79 Å². The van der Waals surface area contributed by atoms with Gasteiger partial charge in [0.25, 0.3) is 0 Å². The van der Waals surface area contributed by atoms with E-state index in [0.717, 1.165) is 22.6 Å². The van der Waals surface area contributed by atoms with Gasteiger partial charge in [-0.3, -0.25) is 0 Å². The highest BCUT2D eigenvalue weighted by molar-refractivity contribution is 6.30. The number of benzene rings is 2. The molecule has 1 aliphatic rings. The summed E-state index contributed by atoms with van der Waals surface area (Å²) in [6.07, 6.45) is 0.441.